The van der Waals surface area contributed by atoms with Gasteiger partial charge in [-0.1, -0.05) is 30.3 Å². The Bertz CT molecular complexity index is 366. The van der Waals surface area contributed by atoms with Crippen LogP contribution in [0.25, 0.3) is 0 Å². The van der Waals surface area contributed by atoms with Gasteiger partial charge in [-0.2, -0.15) is 0 Å². The highest BCUT2D eigenvalue weighted by Crippen LogP contribution is 2.11. The molecule has 17 heavy (non-hydrogen) atoms. The lowest BCUT2D eigenvalue weighted by atomic mass is 9.98. The molecule has 0 saturated heterocycles. The van der Waals surface area contributed by atoms with Crippen LogP contribution < -0.4 is 5.73 Å². The number of Topliss-reactive ketones (excluding diaryl/α,β-unsaturated/α-hetero) is 1. The summed E-state index contributed by atoms with van der Waals surface area (Å²) in [4.78, 5) is 20.9. The Balaban J connectivity index is 0.000000325. The van der Waals surface area contributed by atoms with Crippen LogP contribution in [0.3, 0.4) is 0 Å². The smallest absolute Gasteiger partial charge is 0.308 e. The van der Waals surface area contributed by atoms with Crippen LogP contribution in [0.15, 0.2) is 30.3 Å². The molecular formula is C13H19NO3. The van der Waals surface area contributed by atoms with Crippen LogP contribution in [0.4, 0.5) is 0 Å². The Hall–Kier alpha value is -1.68. The van der Waals surface area contributed by atoms with Crippen LogP contribution in [0.5, 0.6) is 0 Å². The Morgan fingerprint density at radius 3 is 1.88 bits per heavy atom. The fourth-order valence-corrected chi connectivity index (χ4v) is 0.742. The number of nitrogens with two attached hydrogens (primary N) is 1. The first-order valence-corrected chi connectivity index (χ1v) is 5.30. The first-order chi connectivity index (χ1) is 7.79. The number of ketones is 1. The highest BCUT2D eigenvalue weighted by atomic mass is 16.4. The minimum absolute atomic E-state index is 0.0133. The van der Waals surface area contributed by atoms with Crippen LogP contribution in [-0.4, -0.2) is 23.4 Å². The fourth-order valence-electron chi connectivity index (χ4n) is 0.742. The summed E-state index contributed by atoms with van der Waals surface area (Å²) in [6, 6.07) is 9.03. The van der Waals surface area contributed by atoms with Crippen LogP contribution in [0.1, 0.15) is 31.1 Å². The van der Waals surface area contributed by atoms with Crippen molar-refractivity contribution in [3.63, 3.8) is 0 Å². The second kappa shape index (κ2) is 6.81. The molecular weight excluding hydrogens is 218 g/mol. The molecule has 0 fully saturated rings. The first kappa shape index (κ1) is 15.3. The summed E-state index contributed by atoms with van der Waals surface area (Å²) in [7, 11) is 0. The van der Waals surface area contributed by atoms with Crippen molar-refractivity contribution in [2.75, 3.05) is 6.54 Å². The molecule has 0 aliphatic carbocycles. The molecule has 0 aliphatic rings. The Kier molecular flexibility index (Phi) is 6.13. The van der Waals surface area contributed by atoms with E-state index in [-0.39, 0.29) is 12.3 Å². The zero-order valence-electron chi connectivity index (χ0n) is 10.4. The van der Waals surface area contributed by atoms with Crippen molar-refractivity contribution in [2.24, 2.45) is 11.1 Å². The third-order valence-corrected chi connectivity index (χ3v) is 1.92. The molecule has 4 nitrogen and oxygen atoms in total. The van der Waals surface area contributed by atoms with Gasteiger partial charge in [-0.15, -0.1) is 0 Å². The van der Waals surface area contributed by atoms with Crippen molar-refractivity contribution in [3.05, 3.63) is 35.9 Å². The van der Waals surface area contributed by atoms with Crippen molar-refractivity contribution >= 4 is 11.8 Å². The molecule has 0 spiro atoms. The molecule has 0 bridgehead atoms. The third-order valence-electron chi connectivity index (χ3n) is 1.92. The summed E-state index contributed by atoms with van der Waals surface area (Å²) in [5.41, 5.74) is 5.26. The fraction of sp³-hybridized carbons (Fsp3) is 0.385. The molecule has 94 valence electrons. The van der Waals surface area contributed by atoms with Crippen molar-refractivity contribution in [3.8, 4) is 0 Å². The van der Waals surface area contributed by atoms with Crippen LogP contribution >= 0.6 is 0 Å². The van der Waals surface area contributed by atoms with E-state index in [1.165, 1.54) is 0 Å². The first-order valence-electron chi connectivity index (χ1n) is 5.30. The highest BCUT2D eigenvalue weighted by Gasteiger charge is 2.18. The van der Waals surface area contributed by atoms with Gasteiger partial charge in [0.25, 0.3) is 0 Å². The van der Waals surface area contributed by atoms with Crippen molar-refractivity contribution in [1.29, 1.82) is 0 Å². The quantitative estimate of drug-likeness (QED) is 0.770. The normalized spacial score (nSPS) is 10.1. The lowest BCUT2D eigenvalue weighted by molar-refractivity contribution is -0.145. The second-order valence-corrected chi connectivity index (χ2v) is 4.55. The summed E-state index contributed by atoms with van der Waals surface area (Å²) in [6.45, 7) is 5.07. The van der Waals surface area contributed by atoms with E-state index in [0.29, 0.717) is 5.56 Å². The summed E-state index contributed by atoms with van der Waals surface area (Å²) in [6.07, 6.45) is 0. The average molecular weight is 237 g/mol. The van der Waals surface area contributed by atoms with Crippen molar-refractivity contribution < 1.29 is 14.7 Å². The minimum Gasteiger partial charge on any atom is -0.481 e. The SMILES string of the molecule is CC(C)(C)C(=O)O.NCC(=O)c1ccccc1. The molecule has 0 aliphatic heterocycles. The summed E-state index contributed by atoms with van der Waals surface area (Å²) in [5.74, 6) is -0.770. The molecule has 0 unspecified atom stereocenters. The summed E-state index contributed by atoms with van der Waals surface area (Å²) in [5, 5.41) is 8.25. The zero-order valence-corrected chi connectivity index (χ0v) is 10.4. The molecule has 0 heterocycles. The van der Waals surface area contributed by atoms with Gasteiger partial charge in [0.05, 0.1) is 12.0 Å². The number of carbonyl (C=O) groups excluding carboxylic acids is 1. The largest absolute Gasteiger partial charge is 0.481 e. The van der Waals surface area contributed by atoms with Crippen molar-refractivity contribution in [2.45, 2.75) is 20.8 Å². The maximum atomic E-state index is 10.9. The molecule has 0 aromatic heterocycles. The summed E-state index contributed by atoms with van der Waals surface area (Å²) < 4.78 is 0. The van der Waals surface area contributed by atoms with Gasteiger partial charge >= 0.3 is 5.97 Å². The molecule has 1 rings (SSSR count). The van der Waals surface area contributed by atoms with Gasteiger partial charge in [-0.3, -0.25) is 9.59 Å². The number of hydrogen-bond acceptors (Lipinski definition) is 3. The molecule has 1 aromatic carbocycles. The maximum absolute atomic E-state index is 10.9. The van der Waals surface area contributed by atoms with E-state index in [1.807, 2.05) is 18.2 Å². The van der Waals surface area contributed by atoms with E-state index in [2.05, 4.69) is 0 Å². The summed E-state index contributed by atoms with van der Waals surface area (Å²) >= 11 is 0. The Morgan fingerprint density at radius 1 is 1.18 bits per heavy atom. The number of benzene rings is 1. The second-order valence-electron chi connectivity index (χ2n) is 4.55. The monoisotopic (exact) mass is 237 g/mol. The molecule has 4 heteroatoms. The van der Waals surface area contributed by atoms with E-state index in [1.54, 1.807) is 32.9 Å². The number of carboxylic acids is 1. The van der Waals surface area contributed by atoms with Gasteiger partial charge in [-0.25, -0.2) is 0 Å². The van der Waals surface area contributed by atoms with Gasteiger partial charge < -0.3 is 10.8 Å². The van der Waals surface area contributed by atoms with Gasteiger partial charge in [0.1, 0.15) is 0 Å². The van der Waals surface area contributed by atoms with E-state index >= 15 is 0 Å². The van der Waals surface area contributed by atoms with Gasteiger partial charge in [0.2, 0.25) is 0 Å². The van der Waals surface area contributed by atoms with E-state index in [4.69, 9.17) is 10.8 Å². The van der Waals surface area contributed by atoms with Gasteiger partial charge in [-0.05, 0) is 20.8 Å². The number of rotatable bonds is 2. The standard InChI is InChI=1S/C8H9NO.C5H10O2/c9-6-8(10)7-4-2-1-3-5-7;1-5(2,3)4(6)7/h1-5H,6,9H2;1-3H3,(H,6,7). The molecule has 0 radical (unpaired) electrons. The number of aliphatic carboxylic acids is 1. The Morgan fingerprint density at radius 2 is 1.59 bits per heavy atom. The number of hydrogen-bond donors (Lipinski definition) is 2. The van der Waals surface area contributed by atoms with E-state index < -0.39 is 11.4 Å². The highest BCUT2D eigenvalue weighted by molar-refractivity contribution is 5.97. The van der Waals surface area contributed by atoms with Crippen molar-refractivity contribution in [1.82, 2.24) is 0 Å². The zero-order chi connectivity index (χ0) is 13.5. The van der Waals surface area contributed by atoms with Crippen LogP contribution in [-0.2, 0) is 4.79 Å². The lowest BCUT2D eigenvalue weighted by Crippen LogP contribution is -2.18. The van der Waals surface area contributed by atoms with Crippen LogP contribution in [0.2, 0.25) is 0 Å². The average Bonchev–Trinajstić information content (AvgIpc) is 2.28. The third kappa shape index (κ3) is 6.48. The predicted molar refractivity (Wildman–Crippen MR) is 66.9 cm³/mol. The topological polar surface area (TPSA) is 80.4 Å². The minimum atomic E-state index is -0.757. The number of carbonyl (C=O) groups is 2. The molecule has 0 saturated carbocycles. The molecule has 1 aromatic rings. The Labute approximate surface area is 101 Å². The number of carboxylic acid groups (broad SMARTS) is 1. The molecule has 0 amide bonds. The molecule has 0 atom stereocenters. The van der Waals surface area contributed by atoms with Gasteiger partial charge in [0, 0.05) is 5.56 Å². The predicted octanol–water partition coefficient (Wildman–Crippen LogP) is 1.95. The van der Waals surface area contributed by atoms with E-state index in [0.717, 1.165) is 0 Å². The van der Waals surface area contributed by atoms with Crippen LogP contribution in [0, 0.1) is 5.41 Å². The lowest BCUT2D eigenvalue weighted by Gasteiger charge is -2.08. The molecule has 3 N–H and O–H groups in total. The maximum Gasteiger partial charge on any atom is 0.308 e. The van der Waals surface area contributed by atoms with E-state index in [9.17, 15) is 9.59 Å². The van der Waals surface area contributed by atoms with Gasteiger partial charge in [0.15, 0.2) is 5.78 Å².